The molecule has 2 aromatic carbocycles. The van der Waals surface area contributed by atoms with E-state index in [-0.39, 0.29) is 5.41 Å². The van der Waals surface area contributed by atoms with E-state index in [1.54, 1.807) is 11.1 Å². The summed E-state index contributed by atoms with van der Waals surface area (Å²) in [7, 11) is 0. The summed E-state index contributed by atoms with van der Waals surface area (Å²) >= 11 is 0. The van der Waals surface area contributed by atoms with Gasteiger partial charge in [-0.15, -0.1) is 13.2 Å². The molecule has 0 unspecified atom stereocenters. The molecule has 0 fully saturated rings. The first-order chi connectivity index (χ1) is 15.0. The van der Waals surface area contributed by atoms with Crippen LogP contribution in [-0.4, -0.2) is 0 Å². The molecule has 3 rings (SSSR count). The van der Waals surface area contributed by atoms with Gasteiger partial charge < -0.3 is 0 Å². The average molecular weight is 415 g/mol. The SMILES string of the molecule is C=CCCCCC1(CCCCC=C)c2cc(C)c(CC)cc2-c2cc(CC)c(C)cc21. The highest BCUT2D eigenvalue weighted by atomic mass is 14.5. The molecule has 0 spiro atoms. The normalized spacial score (nSPS) is 13.7. The van der Waals surface area contributed by atoms with Gasteiger partial charge in [-0.1, -0.05) is 63.1 Å². The van der Waals surface area contributed by atoms with Gasteiger partial charge in [0.15, 0.2) is 0 Å². The molecule has 0 amide bonds. The molecule has 0 saturated heterocycles. The summed E-state index contributed by atoms with van der Waals surface area (Å²) in [5.41, 5.74) is 12.3. The van der Waals surface area contributed by atoms with Crippen molar-refractivity contribution in [1.29, 1.82) is 0 Å². The van der Waals surface area contributed by atoms with E-state index in [0.29, 0.717) is 0 Å². The van der Waals surface area contributed by atoms with Crippen LogP contribution >= 0.6 is 0 Å². The molecule has 0 heterocycles. The summed E-state index contributed by atoms with van der Waals surface area (Å²) in [6.45, 7) is 17.1. The van der Waals surface area contributed by atoms with E-state index in [1.165, 1.54) is 71.9 Å². The van der Waals surface area contributed by atoms with Gasteiger partial charge in [-0.3, -0.25) is 0 Å². The van der Waals surface area contributed by atoms with Gasteiger partial charge in [-0.05, 0) is 110 Å². The van der Waals surface area contributed by atoms with Gasteiger partial charge in [0, 0.05) is 5.41 Å². The van der Waals surface area contributed by atoms with E-state index in [4.69, 9.17) is 0 Å². The number of unbranched alkanes of at least 4 members (excludes halogenated alkanes) is 4. The smallest absolute Gasteiger partial charge is 0.0215 e. The minimum atomic E-state index is 0.154. The van der Waals surface area contributed by atoms with Crippen LogP contribution in [0.15, 0.2) is 49.6 Å². The molecule has 2 aromatic rings. The predicted octanol–water partition coefficient (Wildman–Crippen LogP) is 9.19. The standard InChI is InChI=1S/C31H42/c1-7-11-13-15-17-31(18-16-14-12-8-2)29-19-23(5)25(9-3)21-27(29)28-22-26(10-4)24(6)20-30(28)31/h7-8,19-22H,1-2,9-18H2,3-6H3. The van der Waals surface area contributed by atoms with Crippen molar-refractivity contribution in [2.45, 2.75) is 97.3 Å². The highest BCUT2D eigenvalue weighted by Gasteiger charge is 2.42. The van der Waals surface area contributed by atoms with Gasteiger partial charge in [0.25, 0.3) is 0 Å². The molecule has 0 aromatic heterocycles. The summed E-state index contributed by atoms with van der Waals surface area (Å²) in [6, 6.07) is 10.1. The average Bonchev–Trinajstić information content (AvgIpc) is 3.01. The van der Waals surface area contributed by atoms with Crippen LogP contribution in [0.3, 0.4) is 0 Å². The van der Waals surface area contributed by atoms with Gasteiger partial charge in [-0.2, -0.15) is 0 Å². The zero-order valence-corrected chi connectivity index (χ0v) is 20.4. The molecule has 1 aliphatic carbocycles. The number of hydrogen-bond acceptors (Lipinski definition) is 0. The lowest BCUT2D eigenvalue weighted by Crippen LogP contribution is -2.26. The van der Waals surface area contributed by atoms with Gasteiger partial charge in [-0.25, -0.2) is 0 Å². The summed E-state index contributed by atoms with van der Waals surface area (Å²) in [6.07, 6.45) is 16.1. The Morgan fingerprint density at radius 1 is 0.677 bits per heavy atom. The first kappa shape index (κ1) is 23.6. The van der Waals surface area contributed by atoms with E-state index in [2.05, 4.69) is 77.3 Å². The van der Waals surface area contributed by atoms with E-state index >= 15 is 0 Å². The van der Waals surface area contributed by atoms with E-state index in [9.17, 15) is 0 Å². The molecule has 0 saturated carbocycles. The number of fused-ring (bicyclic) bond motifs is 3. The monoisotopic (exact) mass is 414 g/mol. The maximum atomic E-state index is 3.94. The van der Waals surface area contributed by atoms with E-state index < -0.39 is 0 Å². The molecule has 0 bridgehead atoms. The fourth-order valence-corrected chi connectivity index (χ4v) is 5.74. The molecule has 31 heavy (non-hydrogen) atoms. The second-order valence-electron chi connectivity index (χ2n) is 9.51. The first-order valence-electron chi connectivity index (χ1n) is 12.5. The van der Waals surface area contributed by atoms with Crippen LogP contribution in [0.25, 0.3) is 11.1 Å². The number of rotatable bonds is 12. The highest BCUT2D eigenvalue weighted by molar-refractivity contribution is 5.83. The van der Waals surface area contributed by atoms with Crippen molar-refractivity contribution in [2.75, 3.05) is 0 Å². The molecule has 0 atom stereocenters. The predicted molar refractivity (Wildman–Crippen MR) is 138 cm³/mol. The minimum Gasteiger partial charge on any atom is -0.103 e. The second kappa shape index (κ2) is 10.5. The van der Waals surface area contributed by atoms with Crippen LogP contribution in [0.4, 0.5) is 0 Å². The fraction of sp³-hybridized carbons (Fsp3) is 0.484. The number of benzene rings is 2. The Kier molecular flexibility index (Phi) is 7.98. The van der Waals surface area contributed by atoms with Crippen LogP contribution in [0.2, 0.25) is 0 Å². The van der Waals surface area contributed by atoms with Crippen molar-refractivity contribution in [3.8, 4) is 11.1 Å². The van der Waals surface area contributed by atoms with Gasteiger partial charge in [0.05, 0.1) is 0 Å². The fourth-order valence-electron chi connectivity index (χ4n) is 5.74. The third-order valence-corrected chi connectivity index (χ3v) is 7.56. The maximum absolute atomic E-state index is 3.94. The molecule has 0 heteroatoms. The molecule has 0 aliphatic heterocycles. The molecule has 1 aliphatic rings. The van der Waals surface area contributed by atoms with Crippen molar-refractivity contribution in [1.82, 2.24) is 0 Å². The molecular weight excluding hydrogens is 372 g/mol. The van der Waals surface area contributed by atoms with Crippen LogP contribution in [0.1, 0.15) is 98.6 Å². The second-order valence-corrected chi connectivity index (χ2v) is 9.51. The number of aryl methyl sites for hydroxylation is 4. The van der Waals surface area contributed by atoms with Crippen LogP contribution in [0, 0.1) is 13.8 Å². The topological polar surface area (TPSA) is 0 Å². The Hall–Kier alpha value is -2.08. The Labute approximate surface area is 191 Å². The molecule has 0 N–H and O–H groups in total. The van der Waals surface area contributed by atoms with E-state index in [1.807, 2.05) is 0 Å². The first-order valence-corrected chi connectivity index (χ1v) is 12.5. The lowest BCUT2D eigenvalue weighted by molar-refractivity contribution is 0.408. The molecule has 0 nitrogen and oxygen atoms in total. The number of hydrogen-bond donors (Lipinski definition) is 0. The Morgan fingerprint density at radius 3 is 1.45 bits per heavy atom. The Bertz CT molecular complexity index is 850. The zero-order valence-electron chi connectivity index (χ0n) is 20.4. The molecular formula is C31H42. The Morgan fingerprint density at radius 2 is 1.10 bits per heavy atom. The van der Waals surface area contributed by atoms with Crippen molar-refractivity contribution >= 4 is 0 Å². The van der Waals surface area contributed by atoms with Crippen molar-refractivity contribution < 1.29 is 0 Å². The van der Waals surface area contributed by atoms with Crippen LogP contribution in [-0.2, 0) is 18.3 Å². The zero-order chi connectivity index (χ0) is 22.4. The molecule has 0 radical (unpaired) electrons. The van der Waals surface area contributed by atoms with Crippen molar-refractivity contribution in [3.05, 3.63) is 83.0 Å². The van der Waals surface area contributed by atoms with E-state index in [0.717, 1.165) is 25.7 Å². The third-order valence-electron chi connectivity index (χ3n) is 7.56. The van der Waals surface area contributed by atoms with Crippen LogP contribution < -0.4 is 0 Å². The largest absolute Gasteiger partial charge is 0.103 e. The van der Waals surface area contributed by atoms with Gasteiger partial charge in [0.1, 0.15) is 0 Å². The summed E-state index contributed by atoms with van der Waals surface area (Å²) in [5.74, 6) is 0. The number of allylic oxidation sites excluding steroid dienone is 2. The molecule has 166 valence electrons. The quantitative estimate of drug-likeness (QED) is 0.240. The van der Waals surface area contributed by atoms with Gasteiger partial charge >= 0.3 is 0 Å². The van der Waals surface area contributed by atoms with Crippen molar-refractivity contribution in [2.24, 2.45) is 0 Å². The summed E-state index contributed by atoms with van der Waals surface area (Å²) < 4.78 is 0. The lowest BCUT2D eigenvalue weighted by atomic mass is 9.70. The Balaban J connectivity index is 2.17. The lowest BCUT2D eigenvalue weighted by Gasteiger charge is -2.33. The van der Waals surface area contributed by atoms with Gasteiger partial charge in [0.2, 0.25) is 0 Å². The van der Waals surface area contributed by atoms with Crippen LogP contribution in [0.5, 0.6) is 0 Å². The summed E-state index contributed by atoms with van der Waals surface area (Å²) in [5, 5.41) is 0. The summed E-state index contributed by atoms with van der Waals surface area (Å²) in [4.78, 5) is 0. The van der Waals surface area contributed by atoms with Crippen molar-refractivity contribution in [3.63, 3.8) is 0 Å². The highest BCUT2D eigenvalue weighted by Crippen LogP contribution is 2.55. The third kappa shape index (κ3) is 4.59. The minimum absolute atomic E-state index is 0.154. The maximum Gasteiger partial charge on any atom is 0.0215 e.